The number of aryl methyl sites for hydroxylation is 1. The van der Waals surface area contributed by atoms with Gasteiger partial charge in [0.25, 0.3) is 5.91 Å². The van der Waals surface area contributed by atoms with E-state index in [-0.39, 0.29) is 17.3 Å². The smallest absolute Gasteiger partial charge is 0.356 e. The van der Waals surface area contributed by atoms with Gasteiger partial charge in [-0.1, -0.05) is 0 Å². The Kier molecular flexibility index (Phi) is 2.65. The molecule has 7 heteroatoms. The van der Waals surface area contributed by atoms with Crippen molar-refractivity contribution in [2.75, 3.05) is 5.32 Å². The maximum Gasteiger partial charge on any atom is 0.356 e. The van der Waals surface area contributed by atoms with Crippen LogP contribution in [0, 0.1) is 0 Å². The largest absolute Gasteiger partial charge is 0.476 e. The van der Waals surface area contributed by atoms with E-state index in [2.05, 4.69) is 10.4 Å². The Morgan fingerprint density at radius 1 is 1.53 bits per heavy atom. The molecule has 0 saturated carbocycles. The van der Waals surface area contributed by atoms with Gasteiger partial charge in [0.15, 0.2) is 11.5 Å². The molecule has 0 spiro atoms. The number of carbonyl (C=O) groups excluding carboxylic acids is 1. The second kappa shape index (κ2) is 4.12. The fourth-order valence-corrected chi connectivity index (χ4v) is 1.27. The fourth-order valence-electron chi connectivity index (χ4n) is 1.27. The highest BCUT2D eigenvalue weighted by molar-refractivity contribution is 6.02. The van der Waals surface area contributed by atoms with Crippen molar-refractivity contribution in [2.45, 2.75) is 0 Å². The zero-order chi connectivity index (χ0) is 12.4. The van der Waals surface area contributed by atoms with Crippen LogP contribution in [0.5, 0.6) is 0 Å². The number of furan rings is 1. The third-order valence-corrected chi connectivity index (χ3v) is 2.09. The topological polar surface area (TPSA) is 97.4 Å². The monoisotopic (exact) mass is 235 g/mol. The van der Waals surface area contributed by atoms with Gasteiger partial charge in [0, 0.05) is 13.1 Å². The van der Waals surface area contributed by atoms with Gasteiger partial charge < -0.3 is 14.8 Å². The quantitative estimate of drug-likeness (QED) is 0.825. The number of nitrogens with zero attached hydrogens (tertiary/aromatic N) is 2. The van der Waals surface area contributed by atoms with E-state index >= 15 is 0 Å². The molecule has 2 aromatic heterocycles. The Morgan fingerprint density at radius 3 is 2.82 bits per heavy atom. The molecule has 0 aliphatic heterocycles. The van der Waals surface area contributed by atoms with Gasteiger partial charge in [-0.05, 0) is 12.1 Å². The van der Waals surface area contributed by atoms with E-state index in [1.165, 1.54) is 30.1 Å². The summed E-state index contributed by atoms with van der Waals surface area (Å²) >= 11 is 0. The summed E-state index contributed by atoms with van der Waals surface area (Å²) in [6, 6.07) is 4.35. The first-order valence-electron chi connectivity index (χ1n) is 4.70. The minimum absolute atomic E-state index is 0.137. The van der Waals surface area contributed by atoms with Crippen LogP contribution in [0.4, 0.5) is 5.82 Å². The second-order valence-electron chi connectivity index (χ2n) is 3.28. The highest BCUT2D eigenvalue weighted by Gasteiger charge is 2.15. The Labute approximate surface area is 95.7 Å². The first-order valence-corrected chi connectivity index (χ1v) is 4.70. The highest BCUT2D eigenvalue weighted by Crippen LogP contribution is 2.11. The van der Waals surface area contributed by atoms with Crippen LogP contribution < -0.4 is 5.32 Å². The Balaban J connectivity index is 2.19. The number of hydrogen-bond acceptors (Lipinski definition) is 4. The predicted octanol–water partition coefficient (Wildman–Crippen LogP) is 0.964. The van der Waals surface area contributed by atoms with Gasteiger partial charge in [-0.15, -0.1) is 0 Å². The molecule has 0 fully saturated rings. The molecule has 7 nitrogen and oxygen atoms in total. The number of nitrogens with one attached hydrogen (secondary N) is 1. The summed E-state index contributed by atoms with van der Waals surface area (Å²) in [6.45, 7) is 0. The summed E-state index contributed by atoms with van der Waals surface area (Å²) < 4.78 is 6.17. The van der Waals surface area contributed by atoms with Crippen molar-refractivity contribution >= 4 is 17.7 Å². The maximum absolute atomic E-state index is 11.6. The number of amides is 1. The van der Waals surface area contributed by atoms with Crippen LogP contribution in [0.15, 0.2) is 28.9 Å². The molecule has 0 aliphatic carbocycles. The molecule has 2 N–H and O–H groups in total. The summed E-state index contributed by atoms with van der Waals surface area (Å²) in [5.74, 6) is -1.19. The molecule has 2 heterocycles. The molecule has 0 unspecified atom stereocenters. The second-order valence-corrected chi connectivity index (χ2v) is 3.28. The van der Waals surface area contributed by atoms with Crippen molar-refractivity contribution in [1.29, 1.82) is 0 Å². The van der Waals surface area contributed by atoms with Gasteiger partial charge in [-0.25, -0.2) is 4.79 Å². The molecule has 17 heavy (non-hydrogen) atoms. The molecule has 2 rings (SSSR count). The molecule has 0 saturated heterocycles. The molecule has 0 bridgehead atoms. The molecule has 1 amide bonds. The van der Waals surface area contributed by atoms with Crippen LogP contribution in [-0.2, 0) is 7.05 Å². The number of aromatic carboxylic acids is 1. The normalized spacial score (nSPS) is 10.2. The van der Waals surface area contributed by atoms with E-state index in [0.29, 0.717) is 0 Å². The first-order chi connectivity index (χ1) is 8.08. The SMILES string of the molecule is Cn1nc(C(=O)O)cc1NC(=O)c1ccco1. The third kappa shape index (κ3) is 2.17. The maximum atomic E-state index is 11.6. The zero-order valence-electron chi connectivity index (χ0n) is 8.88. The van der Waals surface area contributed by atoms with Gasteiger partial charge >= 0.3 is 5.97 Å². The predicted molar refractivity (Wildman–Crippen MR) is 56.8 cm³/mol. The van der Waals surface area contributed by atoms with Crippen molar-refractivity contribution < 1.29 is 19.1 Å². The first kappa shape index (κ1) is 10.9. The summed E-state index contributed by atoms with van der Waals surface area (Å²) in [7, 11) is 1.53. The van der Waals surface area contributed by atoms with Crippen LogP contribution in [0.25, 0.3) is 0 Å². The van der Waals surface area contributed by atoms with Crippen LogP contribution in [-0.4, -0.2) is 26.8 Å². The van der Waals surface area contributed by atoms with Gasteiger partial charge in [-0.3, -0.25) is 9.48 Å². The Bertz CT molecular complexity index is 556. The van der Waals surface area contributed by atoms with E-state index < -0.39 is 11.9 Å². The average Bonchev–Trinajstić information content (AvgIpc) is 2.88. The van der Waals surface area contributed by atoms with Gasteiger partial charge in [0.1, 0.15) is 5.82 Å². The van der Waals surface area contributed by atoms with Crippen molar-refractivity contribution in [2.24, 2.45) is 7.05 Å². The van der Waals surface area contributed by atoms with E-state index in [4.69, 9.17) is 9.52 Å². The summed E-state index contributed by atoms with van der Waals surface area (Å²) in [5.41, 5.74) is -0.137. The van der Waals surface area contributed by atoms with Gasteiger partial charge in [0.2, 0.25) is 0 Å². The van der Waals surface area contributed by atoms with E-state index in [1.807, 2.05) is 0 Å². The summed E-state index contributed by atoms with van der Waals surface area (Å²) in [5, 5.41) is 14.9. The van der Waals surface area contributed by atoms with Gasteiger partial charge in [-0.2, -0.15) is 5.10 Å². The van der Waals surface area contributed by atoms with Crippen LogP contribution in [0.2, 0.25) is 0 Å². The molecular weight excluding hydrogens is 226 g/mol. The number of hydrogen-bond donors (Lipinski definition) is 2. The number of carbonyl (C=O) groups is 2. The molecule has 88 valence electrons. The van der Waals surface area contributed by atoms with E-state index in [0.717, 1.165) is 0 Å². The Morgan fingerprint density at radius 2 is 2.29 bits per heavy atom. The molecular formula is C10H9N3O4. The molecule has 0 radical (unpaired) electrons. The van der Waals surface area contributed by atoms with E-state index in [1.54, 1.807) is 6.07 Å². The van der Waals surface area contributed by atoms with Crippen molar-refractivity contribution in [1.82, 2.24) is 9.78 Å². The lowest BCUT2D eigenvalue weighted by atomic mass is 10.4. The summed E-state index contributed by atoms with van der Waals surface area (Å²) in [4.78, 5) is 22.3. The van der Waals surface area contributed by atoms with Crippen LogP contribution >= 0.6 is 0 Å². The van der Waals surface area contributed by atoms with E-state index in [9.17, 15) is 9.59 Å². The number of anilines is 1. The highest BCUT2D eigenvalue weighted by atomic mass is 16.4. The number of rotatable bonds is 3. The summed E-state index contributed by atoms with van der Waals surface area (Å²) in [6.07, 6.45) is 1.38. The lowest BCUT2D eigenvalue weighted by molar-refractivity contribution is 0.0689. The van der Waals surface area contributed by atoms with Crippen LogP contribution in [0.1, 0.15) is 21.0 Å². The lowest BCUT2D eigenvalue weighted by Crippen LogP contribution is -2.13. The standard InChI is InChI=1S/C10H9N3O4/c1-13-8(5-6(12-13)10(15)16)11-9(14)7-3-2-4-17-7/h2-5H,1H3,(H,11,14)(H,15,16). The number of carboxylic acids is 1. The van der Waals surface area contributed by atoms with Crippen molar-refractivity contribution in [3.8, 4) is 0 Å². The van der Waals surface area contributed by atoms with Crippen molar-refractivity contribution in [3.63, 3.8) is 0 Å². The number of carboxylic acid groups (broad SMARTS) is 1. The molecule has 0 aromatic carbocycles. The minimum Gasteiger partial charge on any atom is -0.476 e. The minimum atomic E-state index is -1.15. The molecule has 0 atom stereocenters. The molecule has 2 aromatic rings. The lowest BCUT2D eigenvalue weighted by Gasteiger charge is -2.01. The third-order valence-electron chi connectivity index (χ3n) is 2.09. The number of aromatic nitrogens is 2. The van der Waals surface area contributed by atoms with Crippen LogP contribution in [0.3, 0.4) is 0 Å². The fraction of sp³-hybridized carbons (Fsp3) is 0.100. The van der Waals surface area contributed by atoms with Gasteiger partial charge in [0.05, 0.1) is 6.26 Å². The average molecular weight is 235 g/mol. The Hall–Kier alpha value is -2.57. The molecule has 0 aliphatic rings. The van der Waals surface area contributed by atoms with Crippen molar-refractivity contribution in [3.05, 3.63) is 35.9 Å². The zero-order valence-corrected chi connectivity index (χ0v) is 8.88.